The molecule has 1 N–H and O–H groups in total. The van der Waals surface area contributed by atoms with Crippen molar-refractivity contribution in [1.29, 1.82) is 0 Å². The summed E-state index contributed by atoms with van der Waals surface area (Å²) in [5, 5.41) is 3.64. The molecule has 3 aliphatic heterocycles. The molecule has 3 saturated heterocycles. The Labute approximate surface area is 173 Å². The maximum absolute atomic E-state index is 12.7. The van der Waals surface area contributed by atoms with Gasteiger partial charge < -0.3 is 19.9 Å². The Balaban J connectivity index is 0.00000225. The highest BCUT2D eigenvalue weighted by Gasteiger charge is 2.35. The maximum atomic E-state index is 12.7. The molecule has 0 saturated carbocycles. The van der Waals surface area contributed by atoms with Gasteiger partial charge in [0.2, 0.25) is 5.91 Å². The number of nitrogens with one attached hydrogen (secondary N) is 1. The Kier molecular flexibility index (Phi) is 6.83. The predicted molar refractivity (Wildman–Crippen MR) is 110 cm³/mol. The van der Waals surface area contributed by atoms with E-state index in [-0.39, 0.29) is 24.2 Å². The topological polar surface area (TPSA) is 61.9 Å². The SMILES string of the molecule is COc1cccc(C(=O)N2CCN(C(=O)CC3CC4CCC(C3)N4)CC2)c1.Cl. The van der Waals surface area contributed by atoms with Crippen LogP contribution in [-0.2, 0) is 4.79 Å². The number of fused-ring (bicyclic) bond motifs is 2. The Hall–Kier alpha value is -1.79. The van der Waals surface area contributed by atoms with Crippen LogP contribution in [0.25, 0.3) is 0 Å². The number of rotatable bonds is 4. The molecular weight excluding hydrogens is 378 g/mol. The molecular formula is C21H30ClN3O3. The summed E-state index contributed by atoms with van der Waals surface area (Å²) in [7, 11) is 1.60. The number of amides is 2. The van der Waals surface area contributed by atoms with E-state index in [1.54, 1.807) is 13.2 Å². The third kappa shape index (κ3) is 4.61. The van der Waals surface area contributed by atoms with Gasteiger partial charge in [-0.1, -0.05) is 6.07 Å². The molecule has 154 valence electrons. The third-order valence-corrected chi connectivity index (χ3v) is 6.27. The van der Waals surface area contributed by atoms with Crippen LogP contribution in [0.15, 0.2) is 24.3 Å². The van der Waals surface area contributed by atoms with Gasteiger partial charge in [0.05, 0.1) is 7.11 Å². The zero-order valence-corrected chi connectivity index (χ0v) is 17.2. The highest BCUT2D eigenvalue weighted by atomic mass is 35.5. The summed E-state index contributed by atoms with van der Waals surface area (Å²) >= 11 is 0. The van der Waals surface area contributed by atoms with Crippen LogP contribution in [0, 0.1) is 5.92 Å². The first-order valence-electron chi connectivity index (χ1n) is 10.1. The molecule has 2 atom stereocenters. The number of halogens is 1. The largest absolute Gasteiger partial charge is 0.497 e. The Morgan fingerprint density at radius 1 is 1.07 bits per heavy atom. The molecule has 2 bridgehead atoms. The van der Waals surface area contributed by atoms with Crippen molar-refractivity contribution in [3.8, 4) is 5.75 Å². The van der Waals surface area contributed by atoms with Crippen molar-refractivity contribution >= 4 is 24.2 Å². The van der Waals surface area contributed by atoms with E-state index in [1.807, 2.05) is 28.0 Å². The first kappa shape index (κ1) is 20.9. The predicted octanol–water partition coefficient (Wildman–Crippen LogP) is 2.32. The number of piperidine rings is 1. The van der Waals surface area contributed by atoms with Gasteiger partial charge in [0.1, 0.15) is 5.75 Å². The van der Waals surface area contributed by atoms with Gasteiger partial charge in [-0.3, -0.25) is 9.59 Å². The Morgan fingerprint density at radius 3 is 2.36 bits per heavy atom. The number of carbonyl (C=O) groups excluding carboxylic acids is 2. The second kappa shape index (κ2) is 9.14. The summed E-state index contributed by atoms with van der Waals surface area (Å²) in [6.07, 6.45) is 5.46. The highest BCUT2D eigenvalue weighted by Crippen LogP contribution is 2.33. The van der Waals surface area contributed by atoms with Gasteiger partial charge in [0.25, 0.3) is 5.91 Å². The van der Waals surface area contributed by atoms with Crippen LogP contribution in [0.3, 0.4) is 0 Å². The second-order valence-corrected chi connectivity index (χ2v) is 8.08. The van der Waals surface area contributed by atoms with Crippen molar-refractivity contribution in [3.05, 3.63) is 29.8 Å². The molecule has 3 heterocycles. The summed E-state index contributed by atoms with van der Waals surface area (Å²) in [5.74, 6) is 1.48. The molecule has 0 spiro atoms. The van der Waals surface area contributed by atoms with E-state index in [2.05, 4.69) is 5.32 Å². The lowest BCUT2D eigenvalue weighted by Crippen LogP contribution is -2.51. The molecule has 0 aromatic heterocycles. The normalized spacial score (nSPS) is 26.5. The minimum Gasteiger partial charge on any atom is -0.497 e. The van der Waals surface area contributed by atoms with Crippen molar-refractivity contribution in [3.63, 3.8) is 0 Å². The molecule has 7 heteroatoms. The number of hydrogen-bond acceptors (Lipinski definition) is 4. The molecule has 0 radical (unpaired) electrons. The van der Waals surface area contributed by atoms with Crippen LogP contribution in [0.1, 0.15) is 42.5 Å². The zero-order valence-electron chi connectivity index (χ0n) is 16.4. The van der Waals surface area contributed by atoms with E-state index < -0.39 is 0 Å². The average molecular weight is 408 g/mol. The lowest BCUT2D eigenvalue weighted by Gasteiger charge is -2.36. The monoisotopic (exact) mass is 407 g/mol. The average Bonchev–Trinajstić information content (AvgIpc) is 3.05. The summed E-state index contributed by atoms with van der Waals surface area (Å²) < 4.78 is 5.20. The van der Waals surface area contributed by atoms with Crippen molar-refractivity contribution < 1.29 is 14.3 Å². The molecule has 2 unspecified atom stereocenters. The number of carbonyl (C=O) groups is 2. The van der Waals surface area contributed by atoms with Gasteiger partial charge in [-0.25, -0.2) is 0 Å². The lowest BCUT2D eigenvalue weighted by molar-refractivity contribution is -0.134. The van der Waals surface area contributed by atoms with Crippen molar-refractivity contribution in [1.82, 2.24) is 15.1 Å². The number of nitrogens with zero attached hydrogens (tertiary/aromatic N) is 2. The van der Waals surface area contributed by atoms with Crippen LogP contribution in [0.4, 0.5) is 0 Å². The van der Waals surface area contributed by atoms with Gasteiger partial charge >= 0.3 is 0 Å². The van der Waals surface area contributed by atoms with E-state index in [1.165, 1.54) is 12.8 Å². The summed E-state index contributed by atoms with van der Waals surface area (Å²) in [6.45, 7) is 2.46. The Bertz CT molecular complexity index is 694. The minimum absolute atomic E-state index is 0. The smallest absolute Gasteiger partial charge is 0.254 e. The van der Waals surface area contributed by atoms with Crippen LogP contribution in [0.5, 0.6) is 5.75 Å². The number of methoxy groups -OCH3 is 1. The molecule has 2 amide bonds. The van der Waals surface area contributed by atoms with Gasteiger partial charge in [0, 0.05) is 50.2 Å². The standard InChI is InChI=1S/C21H29N3O3.ClH/c1-27-19-4-2-3-16(14-19)21(26)24-9-7-23(8-10-24)20(25)13-15-11-17-5-6-18(12-15)22-17;/h2-4,14-15,17-18,22H,5-13H2,1H3;1H. The van der Waals surface area contributed by atoms with E-state index in [9.17, 15) is 9.59 Å². The van der Waals surface area contributed by atoms with E-state index in [4.69, 9.17) is 4.74 Å². The molecule has 3 aliphatic rings. The summed E-state index contributed by atoms with van der Waals surface area (Å²) in [6, 6.07) is 8.50. The van der Waals surface area contributed by atoms with E-state index in [0.29, 0.717) is 61.9 Å². The quantitative estimate of drug-likeness (QED) is 0.832. The molecule has 4 rings (SSSR count). The van der Waals surface area contributed by atoms with Crippen LogP contribution in [-0.4, -0.2) is 67.0 Å². The van der Waals surface area contributed by atoms with Crippen molar-refractivity contribution in [2.24, 2.45) is 5.92 Å². The molecule has 3 fully saturated rings. The number of benzene rings is 1. The fraction of sp³-hybridized carbons (Fsp3) is 0.619. The fourth-order valence-corrected chi connectivity index (χ4v) is 4.82. The molecule has 1 aromatic carbocycles. The summed E-state index contributed by atoms with van der Waals surface area (Å²) in [5.41, 5.74) is 0.638. The lowest BCUT2D eigenvalue weighted by atomic mass is 9.89. The van der Waals surface area contributed by atoms with Crippen LogP contribution < -0.4 is 10.1 Å². The van der Waals surface area contributed by atoms with Gasteiger partial charge in [-0.15, -0.1) is 12.4 Å². The number of piperazine rings is 1. The highest BCUT2D eigenvalue weighted by molar-refractivity contribution is 5.94. The third-order valence-electron chi connectivity index (χ3n) is 6.27. The molecule has 28 heavy (non-hydrogen) atoms. The number of hydrogen-bond donors (Lipinski definition) is 1. The number of ether oxygens (including phenoxy) is 1. The van der Waals surface area contributed by atoms with Gasteiger partial charge in [-0.05, 0) is 49.8 Å². The minimum atomic E-state index is 0. The van der Waals surface area contributed by atoms with E-state index in [0.717, 1.165) is 12.8 Å². The van der Waals surface area contributed by atoms with Gasteiger partial charge in [-0.2, -0.15) is 0 Å². The second-order valence-electron chi connectivity index (χ2n) is 8.08. The van der Waals surface area contributed by atoms with Crippen molar-refractivity contribution in [2.75, 3.05) is 33.3 Å². The molecule has 6 nitrogen and oxygen atoms in total. The first-order valence-corrected chi connectivity index (χ1v) is 10.1. The Morgan fingerprint density at radius 2 is 1.71 bits per heavy atom. The maximum Gasteiger partial charge on any atom is 0.254 e. The molecule has 1 aromatic rings. The van der Waals surface area contributed by atoms with Crippen molar-refractivity contribution in [2.45, 2.75) is 44.2 Å². The van der Waals surface area contributed by atoms with E-state index >= 15 is 0 Å². The van der Waals surface area contributed by atoms with Crippen LogP contribution in [0.2, 0.25) is 0 Å². The zero-order chi connectivity index (χ0) is 18.8. The van der Waals surface area contributed by atoms with Gasteiger partial charge in [0.15, 0.2) is 0 Å². The van der Waals surface area contributed by atoms with Crippen LogP contribution >= 0.6 is 12.4 Å². The fourth-order valence-electron chi connectivity index (χ4n) is 4.82. The molecule has 0 aliphatic carbocycles. The summed E-state index contributed by atoms with van der Waals surface area (Å²) in [4.78, 5) is 29.2. The first-order chi connectivity index (χ1) is 13.1.